The van der Waals surface area contributed by atoms with E-state index in [1.807, 2.05) is 0 Å². The summed E-state index contributed by atoms with van der Waals surface area (Å²) in [4.78, 5) is 29.6. The van der Waals surface area contributed by atoms with Crippen LogP contribution in [-0.2, 0) is 4.79 Å². The summed E-state index contributed by atoms with van der Waals surface area (Å²) < 4.78 is 31.0. The Kier molecular flexibility index (Phi) is 6.10. The molecular weight excluding hydrogens is 531 g/mol. The van der Waals surface area contributed by atoms with Crippen LogP contribution in [0.25, 0.3) is 22.5 Å². The summed E-state index contributed by atoms with van der Waals surface area (Å²) >= 11 is 6.16. The number of hydrogen-bond acceptors (Lipinski definition) is 9. The van der Waals surface area contributed by atoms with Gasteiger partial charge in [0.05, 0.1) is 24.0 Å². The number of hydrogen-bond donors (Lipinski definition) is 2. The first kappa shape index (κ1) is 24.7. The van der Waals surface area contributed by atoms with Gasteiger partial charge < -0.3 is 24.6 Å². The highest BCUT2D eigenvalue weighted by molar-refractivity contribution is 6.31. The van der Waals surface area contributed by atoms with E-state index in [0.717, 1.165) is 5.56 Å². The van der Waals surface area contributed by atoms with Gasteiger partial charge in [-0.15, -0.1) is 0 Å². The minimum atomic E-state index is -1.06. The number of carbonyl (C=O) groups excluding carboxylic acids is 2. The van der Waals surface area contributed by atoms with Crippen LogP contribution in [0.1, 0.15) is 30.3 Å². The van der Waals surface area contributed by atoms with Crippen molar-refractivity contribution in [1.29, 1.82) is 0 Å². The highest BCUT2D eigenvalue weighted by atomic mass is 35.5. The molecule has 1 fully saturated rings. The van der Waals surface area contributed by atoms with E-state index in [1.54, 1.807) is 31.2 Å². The number of aryl methyl sites for hydroxylation is 1. The molecule has 2 aromatic heterocycles. The predicted octanol–water partition coefficient (Wildman–Crippen LogP) is 4.17. The van der Waals surface area contributed by atoms with E-state index in [2.05, 4.69) is 31.0 Å². The van der Waals surface area contributed by atoms with Crippen LogP contribution in [-0.4, -0.2) is 44.5 Å². The van der Waals surface area contributed by atoms with Gasteiger partial charge in [-0.1, -0.05) is 28.9 Å². The topological polar surface area (TPSA) is 141 Å². The third kappa shape index (κ3) is 4.86. The smallest absolute Gasteiger partial charge is 0.413 e. The molecule has 0 spiro atoms. The molecule has 1 saturated carbocycles. The molecule has 2 aliphatic rings. The summed E-state index contributed by atoms with van der Waals surface area (Å²) in [5, 5.41) is 16.9. The molecule has 0 bridgehead atoms. The van der Waals surface area contributed by atoms with Gasteiger partial charge in [0.25, 0.3) is 0 Å². The van der Waals surface area contributed by atoms with Crippen LogP contribution in [0.3, 0.4) is 0 Å². The lowest BCUT2D eigenvalue weighted by Crippen LogP contribution is -2.50. The van der Waals surface area contributed by atoms with Gasteiger partial charge in [0.2, 0.25) is 17.6 Å². The average Bonchev–Trinajstić information content (AvgIpc) is 3.39. The second-order valence-corrected chi connectivity index (χ2v) is 9.65. The average molecular weight is 551 g/mol. The predicted molar refractivity (Wildman–Crippen MR) is 134 cm³/mol. The van der Waals surface area contributed by atoms with Crippen LogP contribution in [0, 0.1) is 12.7 Å². The van der Waals surface area contributed by atoms with Gasteiger partial charge in [-0.3, -0.25) is 4.79 Å². The Bertz CT molecular complexity index is 1590. The Morgan fingerprint density at radius 2 is 2.03 bits per heavy atom. The van der Waals surface area contributed by atoms with Crippen molar-refractivity contribution in [2.75, 3.05) is 6.61 Å². The van der Waals surface area contributed by atoms with Crippen LogP contribution in [0.15, 0.2) is 53.3 Å². The summed E-state index contributed by atoms with van der Waals surface area (Å²) in [6.45, 7) is 1.80. The Morgan fingerprint density at radius 1 is 1.18 bits per heavy atom. The SMILES string of the molecule is Cc1nc(-c2c(F)cc(Cl)cc2-c2ccc3c(c2)OCC3NC(=O)C2(NC(=O)Oc3ccnnc3)CC2)no1. The number of nitrogens with zero attached hydrogens (tertiary/aromatic N) is 4. The third-order valence-corrected chi connectivity index (χ3v) is 6.73. The fourth-order valence-corrected chi connectivity index (χ4v) is 4.63. The molecule has 6 rings (SSSR count). The van der Waals surface area contributed by atoms with Crippen LogP contribution in [0.5, 0.6) is 11.5 Å². The number of carbonyl (C=O) groups is 2. The first-order valence-corrected chi connectivity index (χ1v) is 12.3. The zero-order valence-electron chi connectivity index (χ0n) is 20.4. The Morgan fingerprint density at radius 3 is 2.74 bits per heavy atom. The highest BCUT2D eigenvalue weighted by Crippen LogP contribution is 2.42. The Balaban J connectivity index is 1.19. The summed E-state index contributed by atoms with van der Waals surface area (Å²) in [5.41, 5.74) is 0.913. The maximum atomic E-state index is 15.0. The van der Waals surface area contributed by atoms with E-state index < -0.39 is 23.5 Å². The molecule has 4 aromatic rings. The number of rotatable bonds is 6. The highest BCUT2D eigenvalue weighted by Gasteiger charge is 2.52. The fourth-order valence-electron chi connectivity index (χ4n) is 4.42. The van der Waals surface area contributed by atoms with E-state index in [-0.39, 0.29) is 34.7 Å². The maximum Gasteiger partial charge on any atom is 0.413 e. The normalized spacial score (nSPS) is 16.6. The molecule has 2 N–H and O–H groups in total. The van der Waals surface area contributed by atoms with Gasteiger partial charge in [0.1, 0.15) is 23.7 Å². The van der Waals surface area contributed by atoms with Crippen molar-refractivity contribution in [2.45, 2.75) is 31.3 Å². The second-order valence-electron chi connectivity index (χ2n) is 9.21. The first-order valence-electron chi connectivity index (χ1n) is 12.0. The quantitative estimate of drug-likeness (QED) is 0.362. The molecule has 198 valence electrons. The largest absolute Gasteiger partial charge is 0.491 e. The van der Waals surface area contributed by atoms with Crippen LogP contribution >= 0.6 is 11.6 Å². The van der Waals surface area contributed by atoms with Gasteiger partial charge in [-0.25, -0.2) is 9.18 Å². The molecule has 1 unspecified atom stereocenters. The number of benzene rings is 2. The number of halogens is 2. The summed E-state index contributed by atoms with van der Waals surface area (Å²) in [7, 11) is 0. The lowest BCUT2D eigenvalue weighted by Gasteiger charge is -2.20. The molecule has 39 heavy (non-hydrogen) atoms. The lowest BCUT2D eigenvalue weighted by molar-refractivity contribution is -0.124. The van der Waals surface area contributed by atoms with Gasteiger partial charge in [-0.05, 0) is 42.2 Å². The molecule has 0 saturated heterocycles. The standard InChI is InChI=1S/C26H20ClFN6O5/c1-13-31-23(34-39-13)22-18(9-15(27)10-19(22)28)14-2-3-17-20(12-37-21(17)8-14)32-24(35)26(5-6-26)33-25(36)38-16-4-7-29-30-11-16/h2-4,7-11,20H,5-6,12H2,1H3,(H,32,35)(H,33,36). The van der Waals surface area contributed by atoms with Gasteiger partial charge in [0, 0.05) is 23.6 Å². The zero-order valence-corrected chi connectivity index (χ0v) is 21.2. The minimum Gasteiger partial charge on any atom is -0.491 e. The minimum absolute atomic E-state index is 0.101. The number of fused-ring (bicyclic) bond motifs is 1. The molecule has 11 nitrogen and oxygen atoms in total. The Hall–Kier alpha value is -4.58. The number of nitrogens with one attached hydrogen (secondary N) is 2. The number of ether oxygens (including phenoxy) is 2. The number of aromatic nitrogens is 4. The van der Waals surface area contributed by atoms with E-state index in [4.69, 9.17) is 25.6 Å². The van der Waals surface area contributed by atoms with Crippen molar-refractivity contribution in [3.63, 3.8) is 0 Å². The third-order valence-electron chi connectivity index (χ3n) is 6.51. The zero-order chi connectivity index (χ0) is 27.1. The van der Waals surface area contributed by atoms with E-state index in [9.17, 15) is 14.0 Å². The fraction of sp³-hybridized carbons (Fsp3) is 0.231. The Labute approximate surface area is 225 Å². The first-order chi connectivity index (χ1) is 18.8. The van der Waals surface area contributed by atoms with E-state index in [1.165, 1.54) is 24.5 Å². The van der Waals surface area contributed by atoms with Crippen molar-refractivity contribution >= 4 is 23.6 Å². The molecule has 3 heterocycles. The molecule has 2 amide bonds. The van der Waals surface area contributed by atoms with Gasteiger partial charge in [0.15, 0.2) is 5.75 Å². The molecule has 2 aromatic carbocycles. The molecule has 1 aliphatic heterocycles. The molecule has 1 atom stereocenters. The van der Waals surface area contributed by atoms with E-state index >= 15 is 0 Å². The van der Waals surface area contributed by atoms with Gasteiger partial charge >= 0.3 is 6.09 Å². The van der Waals surface area contributed by atoms with Gasteiger partial charge in [-0.2, -0.15) is 15.2 Å². The monoisotopic (exact) mass is 550 g/mol. The molecule has 0 radical (unpaired) electrons. The van der Waals surface area contributed by atoms with Crippen molar-refractivity contribution in [1.82, 2.24) is 31.0 Å². The lowest BCUT2D eigenvalue weighted by atomic mass is 9.96. The van der Waals surface area contributed by atoms with Crippen molar-refractivity contribution in [3.8, 4) is 34.0 Å². The molecular formula is C26H20ClFN6O5. The van der Waals surface area contributed by atoms with Crippen molar-refractivity contribution < 1.29 is 28.0 Å². The maximum absolute atomic E-state index is 15.0. The molecule has 13 heteroatoms. The summed E-state index contributed by atoms with van der Waals surface area (Å²) in [6.07, 6.45) is 2.87. The van der Waals surface area contributed by atoms with Crippen LogP contribution in [0.4, 0.5) is 9.18 Å². The summed E-state index contributed by atoms with van der Waals surface area (Å²) in [5.74, 6) is 0.201. The number of amides is 2. The van der Waals surface area contributed by atoms with Crippen LogP contribution in [0.2, 0.25) is 5.02 Å². The van der Waals surface area contributed by atoms with Crippen molar-refractivity contribution in [2.24, 2.45) is 0 Å². The van der Waals surface area contributed by atoms with Crippen LogP contribution < -0.4 is 20.1 Å². The van der Waals surface area contributed by atoms with E-state index in [0.29, 0.717) is 35.6 Å². The second kappa shape index (κ2) is 9.62. The summed E-state index contributed by atoms with van der Waals surface area (Å²) in [6, 6.07) is 9.16. The molecule has 1 aliphatic carbocycles. The van der Waals surface area contributed by atoms with Crippen molar-refractivity contribution in [3.05, 3.63) is 71.1 Å².